The van der Waals surface area contributed by atoms with Gasteiger partial charge in [-0.25, -0.2) is 0 Å². The third-order valence-electron chi connectivity index (χ3n) is 7.30. The summed E-state index contributed by atoms with van der Waals surface area (Å²) in [6.07, 6.45) is -2.53. The molecule has 0 aromatic carbocycles. The van der Waals surface area contributed by atoms with Gasteiger partial charge in [-0.05, 0) is 26.7 Å². The summed E-state index contributed by atoms with van der Waals surface area (Å²) in [5, 5.41) is 21.4. The van der Waals surface area contributed by atoms with Crippen LogP contribution in [-0.4, -0.2) is 60.6 Å². The van der Waals surface area contributed by atoms with Gasteiger partial charge in [-0.1, -0.05) is 18.1 Å². The number of aliphatic hydroxyl groups is 2. The zero-order valence-corrected chi connectivity index (χ0v) is 17.4. The monoisotopic (exact) mass is 404 g/mol. The van der Waals surface area contributed by atoms with Crippen LogP contribution >= 0.6 is 0 Å². The minimum Gasteiger partial charge on any atom is -0.458 e. The molecule has 0 amide bonds. The predicted molar refractivity (Wildman–Crippen MR) is 103 cm³/mol. The van der Waals surface area contributed by atoms with Crippen molar-refractivity contribution in [2.24, 2.45) is 11.3 Å². The van der Waals surface area contributed by atoms with Crippen molar-refractivity contribution < 1.29 is 34.0 Å². The Morgan fingerprint density at radius 1 is 1.10 bits per heavy atom. The Balaban J connectivity index is 1.91. The van der Waals surface area contributed by atoms with E-state index in [1.54, 1.807) is 0 Å². The van der Waals surface area contributed by atoms with E-state index in [-0.39, 0.29) is 35.0 Å². The van der Waals surface area contributed by atoms with E-state index in [0.29, 0.717) is 12.0 Å². The number of Topliss-reactive ketones (excluding diaryl/α,β-unsaturated/α-hetero) is 2. The van der Waals surface area contributed by atoms with E-state index in [9.17, 15) is 19.8 Å². The number of hydrogen-bond acceptors (Lipinski definition) is 7. The van der Waals surface area contributed by atoms with Crippen LogP contribution in [0.2, 0.25) is 0 Å². The maximum Gasteiger partial charge on any atom is 0.226 e. The number of rotatable bonds is 2. The van der Waals surface area contributed by atoms with Crippen LogP contribution in [-0.2, 0) is 23.8 Å². The standard InChI is InChI=1S/C22H28O7/c1-9-6-7-22(3)14(10(9)2)17(25)20(27-4)13-15(22)18(26)19-11(16(13)24)8-12(23)21(28-5)29-19/h12,14,17,20-21,23,25H,6-8H2,1-5H3/t12-,14-,17+,20+,21-,22+/m1/s1. The van der Waals surface area contributed by atoms with E-state index >= 15 is 0 Å². The first kappa shape index (κ1) is 20.5. The summed E-state index contributed by atoms with van der Waals surface area (Å²) in [5.41, 5.74) is 2.24. The van der Waals surface area contributed by atoms with Crippen molar-refractivity contribution in [3.63, 3.8) is 0 Å². The van der Waals surface area contributed by atoms with Crippen LogP contribution in [0, 0.1) is 11.3 Å². The molecule has 29 heavy (non-hydrogen) atoms. The average Bonchev–Trinajstić information content (AvgIpc) is 2.68. The fraction of sp³-hybridized carbons (Fsp3) is 0.636. The minimum absolute atomic E-state index is 0.0407. The van der Waals surface area contributed by atoms with Crippen molar-refractivity contribution in [1.29, 1.82) is 0 Å². The molecule has 0 saturated carbocycles. The van der Waals surface area contributed by atoms with E-state index in [1.165, 1.54) is 19.8 Å². The van der Waals surface area contributed by atoms with Crippen molar-refractivity contribution in [1.82, 2.24) is 0 Å². The molecule has 7 heteroatoms. The Hall–Kier alpha value is -1.80. The van der Waals surface area contributed by atoms with Crippen LogP contribution in [0.25, 0.3) is 0 Å². The topological polar surface area (TPSA) is 102 Å². The van der Waals surface area contributed by atoms with E-state index in [2.05, 4.69) is 0 Å². The van der Waals surface area contributed by atoms with Crippen LogP contribution in [0.5, 0.6) is 0 Å². The van der Waals surface area contributed by atoms with Crippen molar-refractivity contribution in [3.8, 4) is 0 Å². The Morgan fingerprint density at radius 2 is 1.79 bits per heavy atom. The Kier molecular flexibility index (Phi) is 4.85. The van der Waals surface area contributed by atoms with Crippen LogP contribution in [0.3, 0.4) is 0 Å². The Labute approximate surface area is 170 Å². The van der Waals surface area contributed by atoms with Crippen LogP contribution < -0.4 is 0 Å². The first-order valence-corrected chi connectivity index (χ1v) is 9.99. The summed E-state index contributed by atoms with van der Waals surface area (Å²) in [6, 6.07) is 0. The molecule has 3 aliphatic carbocycles. The molecule has 0 unspecified atom stereocenters. The van der Waals surface area contributed by atoms with Crippen molar-refractivity contribution in [2.45, 2.75) is 64.6 Å². The van der Waals surface area contributed by atoms with Crippen molar-refractivity contribution >= 4 is 11.6 Å². The molecule has 1 aliphatic heterocycles. The zero-order chi connectivity index (χ0) is 21.2. The number of hydrogen-bond donors (Lipinski definition) is 2. The lowest BCUT2D eigenvalue weighted by atomic mass is 9.52. The molecule has 0 radical (unpaired) electrons. The fourth-order valence-electron chi connectivity index (χ4n) is 5.67. The number of allylic oxidation sites excluding steroid dienone is 2. The molecule has 1 heterocycles. The minimum atomic E-state index is -1.06. The highest BCUT2D eigenvalue weighted by molar-refractivity contribution is 6.25. The Morgan fingerprint density at radius 3 is 2.41 bits per heavy atom. The number of aliphatic hydroxyl groups excluding tert-OH is 2. The lowest BCUT2D eigenvalue weighted by Crippen LogP contribution is -2.56. The second-order valence-corrected chi connectivity index (χ2v) is 8.75. The van der Waals surface area contributed by atoms with Crippen LogP contribution in [0.4, 0.5) is 0 Å². The summed E-state index contributed by atoms with van der Waals surface area (Å²) < 4.78 is 16.3. The van der Waals surface area contributed by atoms with Crippen LogP contribution in [0.1, 0.15) is 40.0 Å². The molecule has 2 N–H and O–H groups in total. The third kappa shape index (κ3) is 2.64. The van der Waals surface area contributed by atoms with Gasteiger partial charge in [0, 0.05) is 48.7 Å². The molecule has 7 nitrogen and oxygen atoms in total. The second kappa shape index (κ2) is 6.87. The molecule has 158 valence electrons. The van der Waals surface area contributed by atoms with E-state index in [1.807, 2.05) is 20.8 Å². The number of ether oxygens (including phenoxy) is 3. The van der Waals surface area contributed by atoms with Gasteiger partial charge >= 0.3 is 0 Å². The van der Waals surface area contributed by atoms with Gasteiger partial charge in [0.05, 0.1) is 6.10 Å². The predicted octanol–water partition coefficient (Wildman–Crippen LogP) is 1.58. The molecule has 4 rings (SSSR count). The van der Waals surface area contributed by atoms with Gasteiger partial charge in [0.1, 0.15) is 12.2 Å². The van der Waals surface area contributed by atoms with E-state index in [0.717, 1.165) is 12.0 Å². The average molecular weight is 404 g/mol. The van der Waals surface area contributed by atoms with Crippen molar-refractivity contribution in [2.75, 3.05) is 14.2 Å². The first-order valence-electron chi connectivity index (χ1n) is 9.99. The normalized spacial score (nSPS) is 39.9. The highest BCUT2D eigenvalue weighted by Crippen LogP contribution is 2.57. The highest BCUT2D eigenvalue weighted by Gasteiger charge is 2.59. The summed E-state index contributed by atoms with van der Waals surface area (Å²) in [7, 11) is 2.82. The number of carbonyl (C=O) groups is 2. The van der Waals surface area contributed by atoms with Gasteiger partial charge < -0.3 is 24.4 Å². The van der Waals surface area contributed by atoms with Crippen molar-refractivity contribution in [3.05, 3.63) is 33.6 Å². The smallest absolute Gasteiger partial charge is 0.226 e. The van der Waals surface area contributed by atoms with E-state index in [4.69, 9.17) is 14.2 Å². The van der Waals surface area contributed by atoms with Gasteiger partial charge in [-0.3, -0.25) is 9.59 Å². The van der Waals surface area contributed by atoms with Gasteiger partial charge in [0.15, 0.2) is 11.5 Å². The van der Waals surface area contributed by atoms with Gasteiger partial charge in [-0.15, -0.1) is 0 Å². The molecule has 0 aromatic rings. The molecule has 0 fully saturated rings. The molecular formula is C22H28O7. The highest BCUT2D eigenvalue weighted by atomic mass is 16.7. The summed E-state index contributed by atoms with van der Waals surface area (Å²) in [4.78, 5) is 27.1. The molecule has 0 aromatic heterocycles. The lowest BCUT2D eigenvalue weighted by Gasteiger charge is -2.53. The SMILES string of the molecule is CO[C@@H]1OC2=C(C[C@H]1O)C(=O)C1=C(C2=O)[C@@]2(C)CCC(C)=C(C)[C@@H]2[C@H](O)[C@H]1OC. The number of fused-ring (bicyclic) bond motifs is 2. The van der Waals surface area contributed by atoms with E-state index < -0.39 is 35.8 Å². The maximum absolute atomic E-state index is 13.6. The summed E-state index contributed by atoms with van der Waals surface area (Å²) in [6.45, 7) is 5.96. The molecule has 6 atom stereocenters. The molecule has 0 saturated heterocycles. The Bertz CT molecular complexity index is 880. The number of ketones is 2. The fourth-order valence-corrected chi connectivity index (χ4v) is 5.67. The first-order chi connectivity index (χ1) is 13.7. The summed E-state index contributed by atoms with van der Waals surface area (Å²) >= 11 is 0. The number of carbonyl (C=O) groups excluding carboxylic acids is 2. The summed E-state index contributed by atoms with van der Waals surface area (Å²) in [5.74, 6) is -1.12. The zero-order valence-electron chi connectivity index (χ0n) is 17.4. The third-order valence-corrected chi connectivity index (χ3v) is 7.30. The van der Waals surface area contributed by atoms with Crippen LogP contribution in [0.15, 0.2) is 33.6 Å². The molecule has 0 spiro atoms. The molecule has 0 bridgehead atoms. The second-order valence-electron chi connectivity index (χ2n) is 8.75. The lowest BCUT2D eigenvalue weighted by molar-refractivity contribution is -0.173. The molecule has 4 aliphatic rings. The number of methoxy groups -OCH3 is 2. The largest absolute Gasteiger partial charge is 0.458 e. The molecular weight excluding hydrogens is 376 g/mol. The van der Waals surface area contributed by atoms with Gasteiger partial charge in [-0.2, -0.15) is 0 Å². The van der Waals surface area contributed by atoms with Gasteiger partial charge in [0.25, 0.3) is 0 Å². The van der Waals surface area contributed by atoms with Gasteiger partial charge in [0.2, 0.25) is 12.1 Å². The quantitative estimate of drug-likeness (QED) is 0.532. The maximum atomic E-state index is 13.6.